The predicted molar refractivity (Wildman–Crippen MR) is 61.2 cm³/mol. The number of benzene rings is 1. The fourth-order valence-electron chi connectivity index (χ4n) is 1.13. The van der Waals surface area contributed by atoms with Crippen LogP contribution in [0.3, 0.4) is 0 Å². The summed E-state index contributed by atoms with van der Waals surface area (Å²) in [6.45, 7) is 6.84. The maximum absolute atomic E-state index is 9.75. The molecule has 0 saturated carbocycles. The van der Waals surface area contributed by atoms with Crippen LogP contribution in [0.2, 0.25) is 0 Å². The lowest BCUT2D eigenvalue weighted by molar-refractivity contribution is 0.368. The van der Waals surface area contributed by atoms with Crippen molar-refractivity contribution in [2.24, 2.45) is 0 Å². The number of halogens is 4. The third kappa shape index (κ3) is 8.43. The van der Waals surface area contributed by atoms with Gasteiger partial charge < -0.3 is 17.3 Å². The molecule has 0 radical (unpaired) electrons. The van der Waals surface area contributed by atoms with Crippen LogP contribution in [0.1, 0.15) is 5.56 Å². The highest BCUT2D eigenvalue weighted by atomic mass is 31.1. The van der Waals surface area contributed by atoms with E-state index in [9.17, 15) is 17.3 Å². The van der Waals surface area contributed by atoms with Crippen LogP contribution in [0, 0.1) is 6.92 Å². The minimum absolute atomic E-state index is 0.242. The normalized spacial score (nSPS) is 10.9. The number of hydrogen-bond acceptors (Lipinski definition) is 0. The molecule has 0 aliphatic rings. The molecule has 1 rings (SSSR count). The molecule has 0 heterocycles. The maximum atomic E-state index is 9.75. The van der Waals surface area contributed by atoms with Crippen molar-refractivity contribution in [3.8, 4) is 0 Å². The molecule has 0 saturated heterocycles. The topological polar surface area (TPSA) is 0 Å². The molecule has 1 aromatic carbocycles. The van der Waals surface area contributed by atoms with E-state index in [0.717, 1.165) is 0 Å². The highest BCUT2D eigenvalue weighted by Gasteiger charge is 2.20. The third-order valence-electron chi connectivity index (χ3n) is 1.68. The summed E-state index contributed by atoms with van der Waals surface area (Å²) in [4.78, 5) is 0. The molecule has 0 bridgehead atoms. The van der Waals surface area contributed by atoms with Gasteiger partial charge in [0.15, 0.2) is 0 Å². The predicted octanol–water partition coefficient (Wildman–Crippen LogP) is 3.39. The molecule has 0 amide bonds. The van der Waals surface area contributed by atoms with E-state index in [2.05, 4.69) is 44.5 Å². The van der Waals surface area contributed by atoms with Crippen molar-refractivity contribution in [2.75, 3.05) is 13.3 Å². The van der Waals surface area contributed by atoms with Crippen LogP contribution in [0.4, 0.5) is 17.3 Å². The minimum atomic E-state index is -6.00. The van der Waals surface area contributed by atoms with Crippen molar-refractivity contribution < 1.29 is 17.3 Å². The Kier molecular flexibility index (Phi) is 5.88. The fraction of sp³-hybridized carbons (Fsp3) is 0.333. The average molecular weight is 240 g/mol. The first-order valence-corrected chi connectivity index (χ1v) is 6.95. The maximum Gasteiger partial charge on any atom is 0.673 e. The zero-order chi connectivity index (χ0) is 12.1. The second-order valence-electron chi connectivity index (χ2n) is 3.31. The smallest absolute Gasteiger partial charge is 0.418 e. The molecule has 15 heavy (non-hydrogen) atoms. The Hall–Kier alpha value is -0.565. The van der Waals surface area contributed by atoms with Gasteiger partial charge in [0.2, 0.25) is 0 Å². The molecular formula is C9H14BF4P. The molecule has 0 aliphatic carbocycles. The zero-order valence-corrected chi connectivity index (χ0v) is 9.90. The van der Waals surface area contributed by atoms with Crippen LogP contribution in [0.25, 0.3) is 0 Å². The van der Waals surface area contributed by atoms with Gasteiger partial charge in [-0.25, -0.2) is 0 Å². The van der Waals surface area contributed by atoms with Crippen LogP contribution < -0.4 is 5.30 Å². The van der Waals surface area contributed by atoms with Crippen molar-refractivity contribution in [1.29, 1.82) is 0 Å². The van der Waals surface area contributed by atoms with Crippen molar-refractivity contribution in [2.45, 2.75) is 6.92 Å². The van der Waals surface area contributed by atoms with Crippen LogP contribution in [-0.4, -0.2) is 20.6 Å². The van der Waals surface area contributed by atoms with E-state index >= 15 is 0 Å². The Morgan fingerprint density at radius 1 is 1.00 bits per heavy atom. The fourth-order valence-corrected chi connectivity index (χ4v) is 2.44. The van der Waals surface area contributed by atoms with Gasteiger partial charge in [0.05, 0.1) is 18.6 Å². The van der Waals surface area contributed by atoms with E-state index in [1.807, 2.05) is 0 Å². The summed E-state index contributed by atoms with van der Waals surface area (Å²) in [7, 11) is -6.24. The molecule has 0 aromatic heterocycles. The van der Waals surface area contributed by atoms with E-state index in [-0.39, 0.29) is 7.92 Å². The van der Waals surface area contributed by atoms with Gasteiger partial charge in [0.25, 0.3) is 0 Å². The third-order valence-corrected chi connectivity index (χ3v) is 3.32. The summed E-state index contributed by atoms with van der Waals surface area (Å²) in [6.07, 6.45) is 0. The Morgan fingerprint density at radius 3 is 1.67 bits per heavy atom. The summed E-state index contributed by atoms with van der Waals surface area (Å²) < 4.78 is 39.0. The SMILES string of the molecule is Cc1ccccc1[PH+](C)C.F[B-](F)(F)F. The van der Waals surface area contributed by atoms with Crippen LogP contribution in [0.5, 0.6) is 0 Å². The Morgan fingerprint density at radius 2 is 1.40 bits per heavy atom. The molecule has 0 unspecified atom stereocenters. The number of hydrogen-bond donors (Lipinski definition) is 0. The molecule has 86 valence electrons. The Bertz CT molecular complexity index is 292. The first-order chi connectivity index (χ1) is 6.72. The van der Waals surface area contributed by atoms with Gasteiger partial charge >= 0.3 is 7.25 Å². The van der Waals surface area contributed by atoms with E-state index in [0.29, 0.717) is 0 Å². The number of aryl methyl sites for hydroxylation is 1. The molecule has 0 spiro atoms. The first-order valence-electron chi connectivity index (χ1n) is 4.45. The summed E-state index contributed by atoms with van der Waals surface area (Å²) in [6, 6.07) is 8.65. The quantitative estimate of drug-likeness (QED) is 0.401. The molecule has 0 aliphatic heterocycles. The lowest BCUT2D eigenvalue weighted by Gasteiger charge is -2.00. The second kappa shape index (κ2) is 6.11. The van der Waals surface area contributed by atoms with E-state index < -0.39 is 7.25 Å². The van der Waals surface area contributed by atoms with Crippen LogP contribution in [-0.2, 0) is 0 Å². The average Bonchev–Trinajstić information content (AvgIpc) is 2.01. The summed E-state index contributed by atoms with van der Waals surface area (Å²) in [5.41, 5.74) is 1.45. The van der Waals surface area contributed by atoms with Crippen molar-refractivity contribution in [3.05, 3.63) is 29.8 Å². The highest BCUT2D eigenvalue weighted by Crippen LogP contribution is 2.24. The second-order valence-corrected chi connectivity index (χ2v) is 5.85. The van der Waals surface area contributed by atoms with Gasteiger partial charge in [0.1, 0.15) is 0 Å². The highest BCUT2D eigenvalue weighted by molar-refractivity contribution is 7.64. The molecular weight excluding hydrogens is 226 g/mol. The standard InChI is InChI=1S/C9H13P.BF4/c1-8-6-4-5-7-9(8)10(2)3;2-1(3,4)5/h4-7H,1-3H3;/q;-1/p+1. The summed E-state index contributed by atoms with van der Waals surface area (Å²) in [5, 5.41) is 1.56. The van der Waals surface area contributed by atoms with E-state index in [1.54, 1.807) is 5.30 Å². The largest absolute Gasteiger partial charge is 0.673 e. The molecule has 0 atom stereocenters. The molecule has 1 aromatic rings. The van der Waals surface area contributed by atoms with Gasteiger partial charge in [-0.1, -0.05) is 18.2 Å². The molecule has 0 N–H and O–H groups in total. The molecule has 0 nitrogen and oxygen atoms in total. The summed E-state index contributed by atoms with van der Waals surface area (Å²) in [5.74, 6) is 0. The van der Waals surface area contributed by atoms with E-state index in [4.69, 9.17) is 0 Å². The number of rotatable bonds is 1. The van der Waals surface area contributed by atoms with Gasteiger partial charge in [-0.3, -0.25) is 0 Å². The van der Waals surface area contributed by atoms with E-state index in [1.165, 1.54) is 5.56 Å². The Labute approximate surface area is 88.5 Å². The monoisotopic (exact) mass is 240 g/mol. The van der Waals surface area contributed by atoms with Gasteiger partial charge in [-0.15, -0.1) is 0 Å². The molecule has 6 heteroatoms. The minimum Gasteiger partial charge on any atom is -0.418 e. The van der Waals surface area contributed by atoms with Gasteiger partial charge in [-0.05, 0) is 18.6 Å². The lowest BCUT2D eigenvalue weighted by atomic mass is 10.2. The molecule has 0 fully saturated rings. The lowest BCUT2D eigenvalue weighted by Crippen LogP contribution is -2.02. The summed E-state index contributed by atoms with van der Waals surface area (Å²) >= 11 is 0. The van der Waals surface area contributed by atoms with Crippen molar-refractivity contribution in [1.82, 2.24) is 0 Å². The van der Waals surface area contributed by atoms with Crippen LogP contribution >= 0.6 is 7.92 Å². The van der Waals surface area contributed by atoms with Crippen LogP contribution in [0.15, 0.2) is 24.3 Å². The van der Waals surface area contributed by atoms with Crippen molar-refractivity contribution in [3.63, 3.8) is 0 Å². The zero-order valence-electron chi connectivity index (χ0n) is 8.90. The van der Waals surface area contributed by atoms with Gasteiger partial charge in [0, 0.05) is 7.92 Å². The Balaban J connectivity index is 0.000000336. The van der Waals surface area contributed by atoms with Crippen molar-refractivity contribution >= 4 is 20.5 Å². The first kappa shape index (κ1) is 14.4. The van der Waals surface area contributed by atoms with Gasteiger partial charge in [-0.2, -0.15) is 0 Å².